The smallest absolute Gasteiger partial charge is 0.190 e. The zero-order valence-electron chi connectivity index (χ0n) is 17.1. The van der Waals surface area contributed by atoms with Crippen molar-refractivity contribution < 1.29 is 0 Å². The lowest BCUT2D eigenvalue weighted by Crippen LogP contribution is -2.43. The van der Waals surface area contributed by atoms with Crippen molar-refractivity contribution in [2.24, 2.45) is 16.3 Å². The number of hydrogen-bond donors (Lipinski definition) is 2. The van der Waals surface area contributed by atoms with Crippen LogP contribution >= 0.6 is 24.0 Å². The van der Waals surface area contributed by atoms with Crippen LogP contribution < -0.4 is 10.6 Å². The van der Waals surface area contributed by atoms with Gasteiger partial charge in [0.05, 0.1) is 0 Å². The van der Waals surface area contributed by atoms with Crippen LogP contribution in [0.2, 0.25) is 0 Å². The van der Waals surface area contributed by atoms with Crippen molar-refractivity contribution in [3.63, 3.8) is 0 Å². The average molecular weight is 475 g/mol. The molecule has 2 N–H and O–H groups in total. The molecule has 26 heavy (non-hydrogen) atoms. The van der Waals surface area contributed by atoms with E-state index in [4.69, 9.17) is 0 Å². The molecule has 1 aliphatic carbocycles. The quantitative estimate of drug-likeness (QED) is 0.242. The molecule has 0 bridgehead atoms. The second-order valence-electron chi connectivity index (χ2n) is 8.03. The summed E-state index contributed by atoms with van der Waals surface area (Å²) in [6.07, 6.45) is 13.0. The van der Waals surface area contributed by atoms with E-state index in [-0.39, 0.29) is 24.0 Å². The highest BCUT2D eigenvalue weighted by atomic mass is 127. The number of halogens is 1. The minimum atomic E-state index is 0. The van der Waals surface area contributed by atoms with Crippen LogP contribution in [0.3, 0.4) is 0 Å². The summed E-state index contributed by atoms with van der Waals surface area (Å²) < 4.78 is 2.21. The largest absolute Gasteiger partial charge is 0.356 e. The summed E-state index contributed by atoms with van der Waals surface area (Å²) in [7, 11) is 1.87. The van der Waals surface area contributed by atoms with Crippen molar-refractivity contribution in [3.05, 3.63) is 18.2 Å². The molecular formula is C20H38IN5. The van der Waals surface area contributed by atoms with E-state index >= 15 is 0 Å². The van der Waals surface area contributed by atoms with Crippen molar-refractivity contribution in [2.75, 3.05) is 20.1 Å². The molecule has 5 nitrogen and oxygen atoms in total. The maximum Gasteiger partial charge on any atom is 0.190 e. The van der Waals surface area contributed by atoms with Crippen molar-refractivity contribution in [2.45, 2.75) is 72.3 Å². The first-order valence-corrected chi connectivity index (χ1v) is 9.97. The van der Waals surface area contributed by atoms with Crippen LogP contribution in [-0.2, 0) is 6.54 Å². The van der Waals surface area contributed by atoms with Gasteiger partial charge in [0.2, 0.25) is 0 Å². The predicted octanol–water partition coefficient (Wildman–Crippen LogP) is 4.36. The van der Waals surface area contributed by atoms with E-state index in [1.165, 1.54) is 32.1 Å². The van der Waals surface area contributed by atoms with E-state index < -0.39 is 0 Å². The van der Waals surface area contributed by atoms with E-state index in [0.717, 1.165) is 50.2 Å². The normalized spacial score (nSPS) is 16.6. The van der Waals surface area contributed by atoms with Gasteiger partial charge in [0.1, 0.15) is 5.82 Å². The van der Waals surface area contributed by atoms with Gasteiger partial charge in [-0.05, 0) is 50.4 Å². The molecule has 1 fully saturated rings. The average Bonchev–Trinajstić information content (AvgIpc) is 3.19. The summed E-state index contributed by atoms with van der Waals surface area (Å²) >= 11 is 0. The fourth-order valence-corrected chi connectivity index (χ4v) is 4.19. The molecule has 1 saturated carbocycles. The van der Waals surface area contributed by atoms with E-state index in [0.29, 0.717) is 5.41 Å². The summed E-state index contributed by atoms with van der Waals surface area (Å²) in [6.45, 7) is 9.80. The summed E-state index contributed by atoms with van der Waals surface area (Å²) in [5.74, 6) is 2.81. The molecule has 0 aliphatic heterocycles. The molecule has 0 amide bonds. The van der Waals surface area contributed by atoms with Gasteiger partial charge >= 0.3 is 0 Å². The maximum absolute atomic E-state index is 4.40. The molecule has 150 valence electrons. The van der Waals surface area contributed by atoms with Gasteiger partial charge in [-0.25, -0.2) is 4.98 Å². The van der Waals surface area contributed by atoms with Crippen molar-refractivity contribution >= 4 is 29.9 Å². The molecule has 2 rings (SSSR count). The molecule has 0 aromatic carbocycles. The van der Waals surface area contributed by atoms with Crippen molar-refractivity contribution in [3.8, 4) is 0 Å². The van der Waals surface area contributed by atoms with Gasteiger partial charge in [0, 0.05) is 39.1 Å². The molecule has 6 heteroatoms. The Bertz CT molecular complexity index is 532. The molecule has 0 spiro atoms. The van der Waals surface area contributed by atoms with Crippen LogP contribution in [0.25, 0.3) is 0 Å². The van der Waals surface area contributed by atoms with E-state index in [1.807, 2.05) is 13.2 Å². The number of aromatic nitrogens is 2. The lowest BCUT2D eigenvalue weighted by molar-refractivity contribution is 0.235. The number of imidazole rings is 1. The van der Waals surface area contributed by atoms with Crippen LogP contribution in [0.1, 0.15) is 64.6 Å². The first kappa shape index (κ1) is 23.2. The van der Waals surface area contributed by atoms with Crippen molar-refractivity contribution in [1.29, 1.82) is 0 Å². The minimum absolute atomic E-state index is 0. The number of rotatable bonds is 9. The zero-order chi connectivity index (χ0) is 18.1. The highest BCUT2D eigenvalue weighted by Gasteiger charge is 2.34. The van der Waals surface area contributed by atoms with Crippen LogP contribution in [0.15, 0.2) is 17.4 Å². The van der Waals surface area contributed by atoms with Crippen LogP contribution in [0.4, 0.5) is 0 Å². The number of nitrogens with one attached hydrogen (secondary N) is 2. The number of unbranched alkanes of at least 4 members (excludes halogenated alkanes) is 1. The van der Waals surface area contributed by atoms with Gasteiger partial charge in [0.25, 0.3) is 0 Å². The lowest BCUT2D eigenvalue weighted by atomic mass is 9.78. The SMILES string of the molecule is CN=C(NCCCCn1ccnc1C)NCC1(CC(C)C)CCCC1.I. The fraction of sp³-hybridized carbons (Fsp3) is 0.800. The summed E-state index contributed by atoms with van der Waals surface area (Å²) in [5.41, 5.74) is 0.477. The van der Waals surface area contributed by atoms with Crippen LogP contribution in [-0.4, -0.2) is 35.6 Å². The molecule has 1 aromatic rings. The standard InChI is InChI=1S/C20H37N5.HI/c1-17(2)15-20(9-5-6-10-20)16-24-19(21-4)23-11-7-8-13-25-14-12-22-18(25)3;/h12,14,17H,5-11,13,15-16H2,1-4H3,(H2,21,23,24);1H. The Kier molecular flexibility index (Phi) is 10.6. The highest BCUT2D eigenvalue weighted by molar-refractivity contribution is 14.0. The number of hydrogen-bond acceptors (Lipinski definition) is 2. The van der Waals surface area contributed by atoms with E-state index in [1.54, 1.807) is 0 Å². The Balaban J connectivity index is 0.00000338. The molecule has 1 aromatic heterocycles. The second-order valence-corrected chi connectivity index (χ2v) is 8.03. The van der Waals surface area contributed by atoms with Gasteiger partial charge in [-0.3, -0.25) is 4.99 Å². The summed E-state index contributed by atoms with van der Waals surface area (Å²) in [5, 5.41) is 7.07. The Morgan fingerprint density at radius 1 is 1.27 bits per heavy atom. The first-order valence-electron chi connectivity index (χ1n) is 9.97. The molecular weight excluding hydrogens is 437 g/mol. The Hall–Kier alpha value is -0.790. The number of aliphatic imine (C=N–C) groups is 1. The number of aryl methyl sites for hydroxylation is 2. The summed E-state index contributed by atoms with van der Waals surface area (Å²) in [6, 6.07) is 0. The molecule has 0 atom stereocenters. The zero-order valence-corrected chi connectivity index (χ0v) is 19.4. The highest BCUT2D eigenvalue weighted by Crippen LogP contribution is 2.42. The second kappa shape index (κ2) is 11.8. The minimum Gasteiger partial charge on any atom is -0.356 e. The van der Waals surface area contributed by atoms with Gasteiger partial charge < -0.3 is 15.2 Å². The third-order valence-electron chi connectivity index (χ3n) is 5.40. The number of guanidine groups is 1. The topological polar surface area (TPSA) is 54.2 Å². The third-order valence-corrected chi connectivity index (χ3v) is 5.40. The third kappa shape index (κ3) is 7.45. The molecule has 0 unspecified atom stereocenters. The molecule has 0 saturated heterocycles. The Labute approximate surface area is 176 Å². The lowest BCUT2D eigenvalue weighted by Gasteiger charge is -2.32. The van der Waals surface area contributed by atoms with Crippen LogP contribution in [0, 0.1) is 18.3 Å². The Morgan fingerprint density at radius 2 is 2.00 bits per heavy atom. The fourth-order valence-electron chi connectivity index (χ4n) is 4.19. The van der Waals surface area contributed by atoms with Crippen molar-refractivity contribution in [1.82, 2.24) is 20.2 Å². The predicted molar refractivity (Wildman–Crippen MR) is 121 cm³/mol. The van der Waals surface area contributed by atoms with Gasteiger partial charge in [-0.15, -0.1) is 24.0 Å². The monoisotopic (exact) mass is 475 g/mol. The van der Waals surface area contributed by atoms with E-state index in [2.05, 4.69) is 52.1 Å². The summed E-state index contributed by atoms with van der Waals surface area (Å²) in [4.78, 5) is 8.66. The van der Waals surface area contributed by atoms with Gasteiger partial charge in [-0.2, -0.15) is 0 Å². The molecule has 0 radical (unpaired) electrons. The molecule has 1 aliphatic rings. The Morgan fingerprint density at radius 3 is 2.58 bits per heavy atom. The number of nitrogens with zero attached hydrogens (tertiary/aromatic N) is 3. The maximum atomic E-state index is 4.40. The molecule has 1 heterocycles. The first-order chi connectivity index (χ1) is 12.0. The van der Waals surface area contributed by atoms with Crippen LogP contribution in [0.5, 0.6) is 0 Å². The van der Waals surface area contributed by atoms with Gasteiger partial charge in [0.15, 0.2) is 5.96 Å². The van der Waals surface area contributed by atoms with E-state index in [9.17, 15) is 0 Å². The van der Waals surface area contributed by atoms with Gasteiger partial charge in [-0.1, -0.05) is 26.7 Å².